The number of benzene rings is 10. The summed E-state index contributed by atoms with van der Waals surface area (Å²) in [6, 6.07) is 88.4. The van der Waals surface area contributed by atoms with Gasteiger partial charge in [0.1, 0.15) is 0 Å². The zero-order valence-electron chi connectivity index (χ0n) is 35.5. The highest BCUT2D eigenvalue weighted by atomic mass is 14.8. The first-order valence-corrected chi connectivity index (χ1v) is 22.4. The van der Waals surface area contributed by atoms with E-state index in [9.17, 15) is 0 Å². The third kappa shape index (κ3) is 5.74. The molecule has 0 bridgehead atoms. The molecule has 2 nitrogen and oxygen atoms in total. The summed E-state index contributed by atoms with van der Waals surface area (Å²) in [5.74, 6) is 0. The molecule has 0 N–H and O–H groups in total. The van der Waals surface area contributed by atoms with Crippen molar-refractivity contribution in [2.24, 2.45) is 0 Å². The number of fused-ring (bicyclic) bond motifs is 8. The van der Waals surface area contributed by atoms with Crippen LogP contribution in [0.5, 0.6) is 0 Å². The quantitative estimate of drug-likeness (QED) is 0.123. The Morgan fingerprint density at radius 3 is 1.29 bits per heavy atom. The van der Waals surface area contributed by atoms with E-state index in [1.165, 1.54) is 71.6 Å². The van der Waals surface area contributed by atoms with Crippen molar-refractivity contribution in [2.75, 3.05) is 0 Å². The second kappa shape index (κ2) is 14.8. The molecule has 2 heterocycles. The predicted molar refractivity (Wildman–Crippen MR) is 271 cm³/mol. The van der Waals surface area contributed by atoms with Crippen LogP contribution in [0.15, 0.2) is 243 Å². The summed E-state index contributed by atoms with van der Waals surface area (Å²) < 4.78 is 0. The number of hydrogen-bond donors (Lipinski definition) is 0. The summed E-state index contributed by atoms with van der Waals surface area (Å²) in [6.45, 7) is 0. The van der Waals surface area contributed by atoms with Gasteiger partial charge in [0.25, 0.3) is 0 Å². The zero-order valence-corrected chi connectivity index (χ0v) is 35.5. The van der Waals surface area contributed by atoms with Gasteiger partial charge >= 0.3 is 0 Å². The molecule has 12 aromatic rings. The van der Waals surface area contributed by atoms with Gasteiger partial charge in [-0.25, -0.2) is 9.97 Å². The lowest BCUT2D eigenvalue weighted by molar-refractivity contribution is 0.769. The van der Waals surface area contributed by atoms with Gasteiger partial charge in [0.15, 0.2) is 0 Å². The molecule has 302 valence electrons. The van der Waals surface area contributed by atoms with E-state index in [-0.39, 0.29) is 0 Å². The largest absolute Gasteiger partial charge is 0.245 e. The molecule has 65 heavy (non-hydrogen) atoms. The van der Waals surface area contributed by atoms with Crippen LogP contribution in [0.4, 0.5) is 0 Å². The number of pyridine rings is 2. The van der Waals surface area contributed by atoms with E-state index < -0.39 is 5.41 Å². The second-order valence-electron chi connectivity index (χ2n) is 17.2. The highest BCUT2D eigenvalue weighted by Crippen LogP contribution is 2.57. The molecule has 1 aliphatic carbocycles. The summed E-state index contributed by atoms with van der Waals surface area (Å²) in [5.41, 5.74) is 17.9. The van der Waals surface area contributed by atoms with Gasteiger partial charge in [-0.15, -0.1) is 0 Å². The number of rotatable bonds is 6. The molecular weight excluding hydrogens is 785 g/mol. The van der Waals surface area contributed by atoms with Crippen molar-refractivity contribution in [1.29, 1.82) is 0 Å². The monoisotopic (exact) mass is 824 g/mol. The molecule has 0 unspecified atom stereocenters. The van der Waals surface area contributed by atoms with Gasteiger partial charge < -0.3 is 0 Å². The molecule has 0 aliphatic heterocycles. The van der Waals surface area contributed by atoms with Crippen molar-refractivity contribution < 1.29 is 0 Å². The third-order valence-electron chi connectivity index (χ3n) is 13.7. The molecule has 0 saturated carbocycles. The van der Waals surface area contributed by atoms with Crippen LogP contribution in [0.25, 0.3) is 99.2 Å². The molecule has 1 aliphatic rings. The average molecular weight is 825 g/mol. The van der Waals surface area contributed by atoms with Crippen molar-refractivity contribution in [1.82, 2.24) is 9.97 Å². The van der Waals surface area contributed by atoms with Crippen LogP contribution in [-0.4, -0.2) is 9.97 Å². The summed E-state index contributed by atoms with van der Waals surface area (Å²) >= 11 is 0. The molecule has 10 aromatic carbocycles. The minimum atomic E-state index is -0.486. The molecule has 0 radical (unpaired) electrons. The first-order chi connectivity index (χ1) is 32.2. The van der Waals surface area contributed by atoms with Gasteiger partial charge in [-0.3, -0.25) is 0 Å². The van der Waals surface area contributed by atoms with Gasteiger partial charge in [0, 0.05) is 21.9 Å². The van der Waals surface area contributed by atoms with E-state index in [2.05, 4.69) is 237 Å². The van der Waals surface area contributed by atoms with Crippen molar-refractivity contribution in [3.63, 3.8) is 0 Å². The van der Waals surface area contributed by atoms with Crippen LogP contribution in [0.1, 0.15) is 22.3 Å². The lowest BCUT2D eigenvalue weighted by Gasteiger charge is -2.34. The van der Waals surface area contributed by atoms with Gasteiger partial charge in [-0.05, 0) is 101 Å². The SMILES string of the molecule is c1ccc(-c2ccc3ccc4ccc(-c5cccc(-c6c7ccccc7c(-c7ccc8c(c7)C(c7ccccc7)(c7ccccc7)c7ccccc7-8)c7ccccc67)c5)nc4c3n2)cc1. The average Bonchev–Trinajstić information content (AvgIpc) is 3.68. The number of nitrogens with zero attached hydrogens (tertiary/aromatic N) is 2. The Morgan fingerprint density at radius 2 is 0.708 bits per heavy atom. The van der Waals surface area contributed by atoms with Crippen LogP contribution in [0.3, 0.4) is 0 Å². The molecule has 2 aromatic heterocycles. The maximum atomic E-state index is 5.36. The molecule has 0 saturated heterocycles. The van der Waals surface area contributed by atoms with E-state index in [0.717, 1.165) is 49.9 Å². The minimum absolute atomic E-state index is 0.486. The third-order valence-corrected chi connectivity index (χ3v) is 13.7. The molecule has 13 rings (SSSR count). The van der Waals surface area contributed by atoms with E-state index in [1.807, 2.05) is 6.07 Å². The summed E-state index contributed by atoms with van der Waals surface area (Å²) in [5, 5.41) is 7.03. The van der Waals surface area contributed by atoms with Crippen LogP contribution in [0.2, 0.25) is 0 Å². The van der Waals surface area contributed by atoms with Crippen LogP contribution in [0, 0.1) is 0 Å². The fourth-order valence-corrected chi connectivity index (χ4v) is 10.9. The van der Waals surface area contributed by atoms with Crippen LogP contribution >= 0.6 is 0 Å². The first kappa shape index (κ1) is 37.1. The lowest BCUT2D eigenvalue weighted by Crippen LogP contribution is -2.28. The van der Waals surface area contributed by atoms with Crippen molar-refractivity contribution in [3.8, 4) is 55.9 Å². The Balaban J connectivity index is 1.000. The molecule has 0 amide bonds. The smallest absolute Gasteiger partial charge is 0.0972 e. The maximum absolute atomic E-state index is 5.36. The number of hydrogen-bond acceptors (Lipinski definition) is 2. The molecule has 2 heteroatoms. The van der Waals surface area contributed by atoms with Gasteiger partial charge in [0.2, 0.25) is 0 Å². The maximum Gasteiger partial charge on any atom is 0.0972 e. The first-order valence-electron chi connectivity index (χ1n) is 22.4. The van der Waals surface area contributed by atoms with E-state index in [1.54, 1.807) is 0 Å². The highest BCUT2D eigenvalue weighted by molar-refractivity contribution is 6.21. The van der Waals surface area contributed by atoms with E-state index >= 15 is 0 Å². The van der Waals surface area contributed by atoms with Crippen molar-refractivity contribution in [2.45, 2.75) is 5.41 Å². The van der Waals surface area contributed by atoms with E-state index in [4.69, 9.17) is 9.97 Å². The molecular formula is C63H40N2. The fourth-order valence-electron chi connectivity index (χ4n) is 10.9. The topological polar surface area (TPSA) is 25.8 Å². The normalized spacial score (nSPS) is 12.7. The van der Waals surface area contributed by atoms with Gasteiger partial charge in [-0.2, -0.15) is 0 Å². The summed E-state index contributed by atoms with van der Waals surface area (Å²) in [7, 11) is 0. The Morgan fingerprint density at radius 1 is 0.277 bits per heavy atom. The van der Waals surface area contributed by atoms with Crippen LogP contribution < -0.4 is 0 Å². The Kier molecular flexibility index (Phi) is 8.47. The summed E-state index contributed by atoms with van der Waals surface area (Å²) in [4.78, 5) is 10.5. The van der Waals surface area contributed by atoms with Crippen molar-refractivity contribution >= 4 is 43.4 Å². The summed E-state index contributed by atoms with van der Waals surface area (Å²) in [6.07, 6.45) is 0. The molecule has 0 spiro atoms. The van der Waals surface area contributed by atoms with Gasteiger partial charge in [0.05, 0.1) is 27.8 Å². The van der Waals surface area contributed by atoms with Gasteiger partial charge in [-0.1, -0.05) is 218 Å². The predicted octanol–water partition coefficient (Wildman–Crippen LogP) is 16.1. The van der Waals surface area contributed by atoms with Crippen molar-refractivity contribution in [3.05, 3.63) is 265 Å². The fraction of sp³-hybridized carbons (Fsp3) is 0.0159. The minimum Gasteiger partial charge on any atom is -0.245 e. The molecule has 0 atom stereocenters. The Labute approximate surface area is 377 Å². The second-order valence-corrected chi connectivity index (χ2v) is 17.2. The van der Waals surface area contributed by atoms with E-state index in [0.29, 0.717) is 0 Å². The van der Waals surface area contributed by atoms with Crippen LogP contribution in [-0.2, 0) is 5.41 Å². The lowest BCUT2D eigenvalue weighted by atomic mass is 9.67. The zero-order chi connectivity index (χ0) is 42.9. The molecule has 0 fully saturated rings. The standard InChI is InChI=1S/C63H40N2/c1-4-17-41(18-5-1)57-37-34-42-31-32-43-35-38-58(65-62(43)61(42)64-57)44-19-16-20-45(39-44)59-51-26-10-12-28-53(51)60(54-29-13-11-27-52(54)59)46-33-36-50-49-25-14-15-30-55(49)63(56(50)40-46,47-21-6-2-7-22-47)48-23-8-3-9-24-48/h1-40H. The Bertz CT molecular complexity index is 3720. The Hall–Kier alpha value is -8.46. The highest BCUT2D eigenvalue weighted by Gasteiger charge is 2.46. The number of aromatic nitrogens is 2.